The quantitative estimate of drug-likeness (QED) is 0.135. The van der Waals surface area contributed by atoms with E-state index in [2.05, 4.69) is 58.4 Å². The fraction of sp³-hybridized carbons (Fsp3) is 0.521. The highest BCUT2D eigenvalue weighted by atomic mass is 16.1. The molecule has 0 saturated heterocycles. The Morgan fingerprint density at radius 3 is 1.33 bits per heavy atom. The highest BCUT2D eigenvalue weighted by Crippen LogP contribution is 2.15. The van der Waals surface area contributed by atoms with Crippen LogP contribution in [0, 0.1) is 20.8 Å². The lowest BCUT2D eigenvalue weighted by Crippen LogP contribution is -2.21. The van der Waals surface area contributed by atoms with Gasteiger partial charge in [0.1, 0.15) is 5.78 Å². The summed E-state index contributed by atoms with van der Waals surface area (Å²) in [7, 11) is 0. The zero-order chi connectivity index (χ0) is 43.7. The molecule has 340 valence electrons. The van der Waals surface area contributed by atoms with Gasteiger partial charge in [0.05, 0.1) is 33.1 Å². The SMILES string of the molecule is C.C.C.CC.CC.CC.CC.CC.CC.CC(C)=Nn1ccc2ncc(C)cc21.CC(C)=O.Cc1cnc2ccn(N)c2c1.Cc1cnc2ccn(NC(C)C)c2c1.[2HH].[2HH].[2HH]. The van der Waals surface area contributed by atoms with Gasteiger partial charge >= 0.3 is 0 Å². The van der Waals surface area contributed by atoms with E-state index in [0.29, 0.717) is 6.04 Å². The van der Waals surface area contributed by atoms with Crippen LogP contribution in [0.1, 0.15) is 168 Å². The van der Waals surface area contributed by atoms with Crippen LogP contribution in [0.5, 0.6) is 0 Å². The minimum atomic E-state index is 0. The molecule has 10 heteroatoms. The molecule has 0 aromatic carbocycles. The first kappa shape index (κ1) is 67.7. The molecular weight excluding hydrogens is 719 g/mol. The van der Waals surface area contributed by atoms with Crippen molar-refractivity contribution in [1.82, 2.24) is 29.0 Å². The molecule has 58 heavy (non-hydrogen) atoms. The maximum absolute atomic E-state index is 9.44. The van der Waals surface area contributed by atoms with E-state index < -0.39 is 0 Å². The molecule has 0 amide bonds. The Kier molecular flexibility index (Phi) is 48.6. The van der Waals surface area contributed by atoms with E-state index in [4.69, 9.17) is 5.84 Å². The molecule has 0 spiro atoms. The van der Waals surface area contributed by atoms with Gasteiger partial charge in [-0.1, -0.05) is 105 Å². The number of nitrogens with zero attached hydrogens (tertiary/aromatic N) is 7. The van der Waals surface area contributed by atoms with E-state index in [1.807, 2.05) is 175 Å². The third kappa shape index (κ3) is 26.8. The summed E-state index contributed by atoms with van der Waals surface area (Å²) in [6.45, 7) is 41.3. The van der Waals surface area contributed by atoms with Gasteiger partial charge in [-0.15, -0.1) is 0 Å². The zero-order valence-electron chi connectivity index (χ0n) is 38.6. The van der Waals surface area contributed by atoms with Crippen LogP contribution in [0.25, 0.3) is 33.1 Å². The summed E-state index contributed by atoms with van der Waals surface area (Å²) in [5, 5.41) is 4.38. The number of hydrogen-bond donors (Lipinski definition) is 2. The van der Waals surface area contributed by atoms with Gasteiger partial charge in [-0.05, 0) is 115 Å². The number of carbonyl (C=O) groups excluding carboxylic acids is 1. The van der Waals surface area contributed by atoms with Gasteiger partial charge < -0.3 is 16.1 Å². The molecule has 0 aliphatic heterocycles. The predicted octanol–water partition coefficient (Wildman–Crippen LogP) is 15.3. The molecule has 10 nitrogen and oxygen atoms in total. The Bertz CT molecular complexity index is 1850. The molecule has 0 aliphatic rings. The summed E-state index contributed by atoms with van der Waals surface area (Å²) in [6.07, 6.45) is 11.3. The van der Waals surface area contributed by atoms with E-state index in [1.165, 1.54) is 19.4 Å². The maximum Gasteiger partial charge on any atom is 0.126 e. The van der Waals surface area contributed by atoms with E-state index in [-0.39, 0.29) is 32.3 Å². The molecule has 6 aromatic rings. The van der Waals surface area contributed by atoms with Crippen LogP contribution in [-0.2, 0) is 4.79 Å². The second kappa shape index (κ2) is 41.6. The van der Waals surface area contributed by atoms with Gasteiger partial charge in [0.25, 0.3) is 0 Å². The number of aryl methyl sites for hydroxylation is 3. The van der Waals surface area contributed by atoms with E-state index in [1.54, 1.807) is 10.9 Å². The van der Waals surface area contributed by atoms with Crippen LogP contribution in [0.4, 0.5) is 0 Å². The van der Waals surface area contributed by atoms with Gasteiger partial charge in [-0.25, -0.2) is 4.68 Å². The number of nitrogens with two attached hydrogens (primary N) is 1. The predicted molar refractivity (Wildman–Crippen MR) is 273 cm³/mol. The van der Waals surface area contributed by atoms with Crippen molar-refractivity contribution in [3.8, 4) is 0 Å². The minimum absolute atomic E-state index is 0. The second-order valence-electron chi connectivity index (χ2n) is 11.1. The Labute approximate surface area is 362 Å². The summed E-state index contributed by atoms with van der Waals surface area (Å²) in [6, 6.07) is 12.6. The monoisotopic (exact) mass is 819 g/mol. The van der Waals surface area contributed by atoms with Crippen molar-refractivity contribution in [2.24, 2.45) is 5.10 Å². The number of pyridine rings is 3. The molecular formula is C48H97N9O. The van der Waals surface area contributed by atoms with Crippen molar-refractivity contribution >= 4 is 44.6 Å². The van der Waals surface area contributed by atoms with Crippen molar-refractivity contribution < 1.29 is 9.07 Å². The molecule has 6 heterocycles. The molecule has 0 atom stereocenters. The molecule has 3 N–H and O–H groups in total. The lowest BCUT2D eigenvalue weighted by Gasteiger charge is -2.12. The van der Waals surface area contributed by atoms with Crippen molar-refractivity contribution in [2.75, 3.05) is 11.3 Å². The first-order chi connectivity index (χ1) is 26.3. The third-order valence-electron chi connectivity index (χ3n) is 5.74. The summed E-state index contributed by atoms with van der Waals surface area (Å²) in [5.41, 5.74) is 14.0. The van der Waals surface area contributed by atoms with E-state index >= 15 is 0 Å². The largest absolute Gasteiger partial charge is 0.339 e. The molecule has 0 radical (unpaired) electrons. The Balaban J connectivity index is -0.0000000658. The minimum Gasteiger partial charge on any atom is -0.339 e. The summed E-state index contributed by atoms with van der Waals surface area (Å²) >= 11 is 0. The number of nitrogens with one attached hydrogen (secondary N) is 1. The summed E-state index contributed by atoms with van der Waals surface area (Å²) < 4.78 is 5.47. The molecule has 0 fully saturated rings. The molecule has 6 rings (SSSR count). The number of aromatic nitrogens is 6. The van der Waals surface area contributed by atoms with Crippen LogP contribution in [0.3, 0.4) is 0 Å². The van der Waals surface area contributed by atoms with Gasteiger partial charge in [0, 0.05) is 53.2 Å². The fourth-order valence-corrected chi connectivity index (χ4v) is 4.03. The molecule has 0 bridgehead atoms. The van der Waals surface area contributed by atoms with Crippen molar-refractivity contribution in [3.63, 3.8) is 0 Å². The first-order valence-corrected chi connectivity index (χ1v) is 20.2. The highest BCUT2D eigenvalue weighted by molar-refractivity contribution is 5.81. The van der Waals surface area contributed by atoms with Crippen LogP contribution in [0.2, 0.25) is 0 Å². The van der Waals surface area contributed by atoms with Gasteiger partial charge in [0.15, 0.2) is 0 Å². The first-order valence-electron chi connectivity index (χ1n) is 20.2. The average Bonchev–Trinajstić information content (AvgIpc) is 3.89. The third-order valence-corrected chi connectivity index (χ3v) is 5.74. The van der Waals surface area contributed by atoms with Gasteiger partial charge in [-0.3, -0.25) is 24.3 Å². The number of hydrogen-bond acceptors (Lipinski definition) is 7. The highest BCUT2D eigenvalue weighted by Gasteiger charge is 2.03. The summed E-state index contributed by atoms with van der Waals surface area (Å²) in [5.74, 6) is 5.79. The smallest absolute Gasteiger partial charge is 0.126 e. The molecule has 0 aliphatic carbocycles. The number of rotatable bonds is 3. The normalized spacial score (nSPS) is 8.31. The van der Waals surface area contributed by atoms with E-state index in [0.717, 1.165) is 49.9 Å². The molecule has 0 saturated carbocycles. The van der Waals surface area contributed by atoms with Crippen LogP contribution >= 0.6 is 0 Å². The topological polar surface area (TPSA) is 121 Å². The van der Waals surface area contributed by atoms with Crippen molar-refractivity contribution in [2.45, 2.75) is 174 Å². The maximum atomic E-state index is 9.44. The van der Waals surface area contributed by atoms with Crippen LogP contribution in [-0.4, -0.2) is 46.5 Å². The molecule has 6 aromatic heterocycles. The number of ketones is 1. The summed E-state index contributed by atoms with van der Waals surface area (Å²) in [4.78, 5) is 22.3. The van der Waals surface area contributed by atoms with Crippen LogP contribution < -0.4 is 11.3 Å². The second-order valence-corrected chi connectivity index (χ2v) is 11.1. The Morgan fingerprint density at radius 1 is 0.603 bits per heavy atom. The Morgan fingerprint density at radius 2 is 0.931 bits per heavy atom. The lowest BCUT2D eigenvalue weighted by molar-refractivity contribution is -0.115. The zero-order valence-corrected chi connectivity index (χ0v) is 38.6. The fourth-order valence-electron chi connectivity index (χ4n) is 4.03. The standard InChI is InChI=1S/C11H15N3.C11H13N3.C8H9N3.C3H6O.6C2H6.3CH4.3H2/c2*1-8(2)13-14-5-4-10-11(14)6-9(3)7-12-10;1-6-4-8-7(10-5-6)2-3-11(8)9;1-3(2)4;6*1-2;;;;;;/h4-8,13H,1-3H3;4-7H,1-3H3;2-5H,9H2,1H3;1-2H3;6*1-2H3;3*1H4;3*1H/i;;;;;;;;;;;;;3*1+1. The van der Waals surface area contributed by atoms with Gasteiger partial charge in [-0.2, -0.15) is 5.10 Å². The number of nitrogen functional groups attached to an aromatic ring is 1. The van der Waals surface area contributed by atoms with Gasteiger partial charge in [0.2, 0.25) is 0 Å². The Hall–Kier alpha value is -4.99. The number of Topliss-reactive ketones (excluding diaryl/α,β-unsaturated/α-hetero) is 1. The number of fused-ring (bicyclic) bond motifs is 3. The van der Waals surface area contributed by atoms with Crippen molar-refractivity contribution in [1.29, 1.82) is 0 Å². The van der Waals surface area contributed by atoms with E-state index in [9.17, 15) is 4.79 Å². The lowest BCUT2D eigenvalue weighted by atomic mass is 10.3. The van der Waals surface area contributed by atoms with Crippen LogP contribution in [0.15, 0.2) is 78.7 Å². The molecule has 0 unspecified atom stereocenters. The van der Waals surface area contributed by atoms with Crippen molar-refractivity contribution in [3.05, 3.63) is 90.3 Å². The average molecular weight is 819 g/mol. The number of carbonyl (C=O) groups is 1.